The van der Waals surface area contributed by atoms with E-state index in [4.69, 9.17) is 0 Å². The summed E-state index contributed by atoms with van der Waals surface area (Å²) in [5, 5.41) is 4.89. The van der Waals surface area contributed by atoms with Gasteiger partial charge in [-0.1, -0.05) is 10.8 Å². The van der Waals surface area contributed by atoms with Gasteiger partial charge in [0.1, 0.15) is 5.60 Å². The van der Waals surface area contributed by atoms with Gasteiger partial charge >= 0.3 is 21.4 Å². The van der Waals surface area contributed by atoms with Crippen molar-refractivity contribution in [3.8, 4) is 0 Å². The van der Waals surface area contributed by atoms with E-state index in [1.807, 2.05) is 6.92 Å². The van der Waals surface area contributed by atoms with Crippen molar-refractivity contribution in [1.29, 1.82) is 0 Å². The summed E-state index contributed by atoms with van der Waals surface area (Å²) in [6.45, 7) is 3.30. The van der Waals surface area contributed by atoms with Crippen LogP contribution in [0.15, 0.2) is 0 Å². The molecule has 5 unspecified atom stereocenters. The van der Waals surface area contributed by atoms with Crippen molar-refractivity contribution < 1.29 is 35.7 Å². The lowest BCUT2D eigenvalue weighted by Crippen LogP contribution is -2.51. The van der Waals surface area contributed by atoms with E-state index >= 15 is 0 Å². The lowest BCUT2D eigenvalue weighted by atomic mass is 9.62. The smallest absolute Gasteiger partial charge is 0.454 e. The van der Waals surface area contributed by atoms with Crippen molar-refractivity contribution in [3.05, 3.63) is 0 Å². The summed E-state index contributed by atoms with van der Waals surface area (Å²) in [6.07, 6.45) is 1.18. The second-order valence-electron chi connectivity index (χ2n) is 6.77. The van der Waals surface area contributed by atoms with Gasteiger partial charge in [0.2, 0.25) is 0 Å². The monoisotopic (exact) mass is 344 g/mol. The zero-order valence-corrected chi connectivity index (χ0v) is 13.1. The number of carbonyl (C=O) groups is 1. The summed E-state index contributed by atoms with van der Waals surface area (Å²) in [7, 11) is -6.37. The van der Waals surface area contributed by atoms with Crippen LogP contribution in [0.2, 0.25) is 0 Å². The molecule has 5 nitrogen and oxygen atoms in total. The van der Waals surface area contributed by atoms with Gasteiger partial charge in [-0.2, -0.15) is 17.2 Å². The molecule has 0 heterocycles. The highest BCUT2D eigenvalue weighted by Gasteiger charge is 2.58. The molecule has 0 radical (unpaired) electrons. The highest BCUT2D eigenvalue weighted by atomic mass is 32.3. The fraction of sp³-hybridized carbons (Fsp3) is 0.923. The van der Waals surface area contributed by atoms with E-state index < -0.39 is 33.2 Å². The van der Waals surface area contributed by atoms with Crippen LogP contribution in [-0.4, -0.2) is 36.5 Å². The normalized spacial score (nSPS) is 39.4. The number of alkyl halides is 2. The van der Waals surface area contributed by atoms with Gasteiger partial charge in [0.15, 0.2) is 0 Å². The number of aliphatic hydroxyl groups excluding tert-OH is 1. The van der Waals surface area contributed by atoms with Crippen LogP contribution in [0.1, 0.15) is 39.5 Å². The van der Waals surface area contributed by atoms with Crippen LogP contribution in [-0.2, 0) is 19.8 Å². The Morgan fingerprint density at radius 3 is 2.45 bits per heavy atom. The number of ether oxygens (including phenoxy) is 1. The van der Waals surface area contributed by atoms with Gasteiger partial charge in [-0.15, -0.1) is 0 Å². The van der Waals surface area contributed by atoms with Crippen LogP contribution >= 0.6 is 0 Å². The summed E-state index contributed by atoms with van der Waals surface area (Å²) in [4.78, 5) is 11.4. The summed E-state index contributed by atoms with van der Waals surface area (Å²) < 4.78 is 64.3. The molecule has 2 bridgehead atoms. The van der Waals surface area contributed by atoms with E-state index in [9.17, 15) is 31.0 Å². The summed E-state index contributed by atoms with van der Waals surface area (Å²) >= 11 is 0. The molecule has 0 aliphatic heterocycles. The molecule has 2 rings (SSSR count). The molecule has 0 spiro atoms. The molecule has 2 aliphatic carbocycles. The van der Waals surface area contributed by atoms with Crippen molar-refractivity contribution >= 4 is 16.2 Å². The maximum atomic E-state index is 13.2. The minimum absolute atomic E-state index is 0.0664. The third-order valence-corrected chi connectivity index (χ3v) is 5.48. The molecule has 128 valence electrons. The van der Waals surface area contributed by atoms with E-state index in [0.29, 0.717) is 12.8 Å². The van der Waals surface area contributed by atoms with Crippen molar-refractivity contribution in [2.45, 2.75) is 56.5 Å². The highest BCUT2D eigenvalue weighted by Crippen LogP contribution is 2.48. The number of esters is 1. The Bertz CT molecular complexity index is 562. The van der Waals surface area contributed by atoms with Crippen molar-refractivity contribution in [1.82, 2.24) is 0 Å². The fourth-order valence-corrected chi connectivity index (χ4v) is 4.12. The number of halogens is 3. The minimum atomic E-state index is -6.37. The van der Waals surface area contributed by atoms with Gasteiger partial charge in [-0.25, -0.2) is 4.79 Å². The second-order valence-corrected chi connectivity index (χ2v) is 8.16. The van der Waals surface area contributed by atoms with Crippen LogP contribution in [0, 0.1) is 17.8 Å². The van der Waals surface area contributed by atoms with Gasteiger partial charge in [0, 0.05) is 0 Å². The Labute approximate surface area is 127 Å². The molecular formula is C13H19F3O5S. The van der Waals surface area contributed by atoms with Crippen molar-refractivity contribution in [2.24, 2.45) is 17.8 Å². The summed E-state index contributed by atoms with van der Waals surface area (Å²) in [6, 6.07) is 0. The van der Waals surface area contributed by atoms with Gasteiger partial charge in [-0.05, 0) is 50.4 Å². The molecule has 2 aliphatic rings. The predicted octanol–water partition coefficient (Wildman–Crippen LogP) is 2.00. The lowest BCUT2D eigenvalue weighted by Gasteiger charge is -2.48. The quantitative estimate of drug-likeness (QED) is 0.626. The molecule has 0 aromatic carbocycles. The summed E-state index contributed by atoms with van der Waals surface area (Å²) in [5.74, 6) is -2.46. The lowest BCUT2D eigenvalue weighted by molar-refractivity contribution is -0.188. The van der Waals surface area contributed by atoms with Crippen molar-refractivity contribution in [3.63, 3.8) is 0 Å². The van der Waals surface area contributed by atoms with Gasteiger partial charge in [-0.3, -0.25) is 0 Å². The van der Waals surface area contributed by atoms with E-state index in [-0.39, 0.29) is 30.6 Å². The maximum Gasteiger partial charge on any atom is 0.470 e. The van der Waals surface area contributed by atoms with E-state index in [0.717, 1.165) is 0 Å². The van der Waals surface area contributed by atoms with E-state index in [1.54, 1.807) is 0 Å². The highest BCUT2D eigenvalue weighted by molar-refractivity contribution is 7.88. The minimum Gasteiger partial charge on any atom is -0.454 e. The SMILES string of the molecule is CC1CC2CC(CC(C)(OC(=O)C(F)(F)S(=O)(=O)F)C2)C1O. The average Bonchev–Trinajstić information content (AvgIpc) is 2.33. The van der Waals surface area contributed by atoms with Gasteiger partial charge < -0.3 is 9.84 Å². The third kappa shape index (κ3) is 3.10. The molecule has 0 amide bonds. The van der Waals surface area contributed by atoms with Crippen molar-refractivity contribution in [2.75, 3.05) is 0 Å². The zero-order chi connectivity index (χ0) is 16.9. The first kappa shape index (κ1) is 17.5. The first-order valence-electron chi connectivity index (χ1n) is 7.09. The molecule has 9 heteroatoms. The fourth-order valence-electron chi connectivity index (χ4n) is 3.88. The Hall–Kier alpha value is -0.830. The molecule has 0 saturated heterocycles. The molecule has 1 N–H and O–H groups in total. The first-order valence-corrected chi connectivity index (χ1v) is 8.47. The zero-order valence-electron chi connectivity index (χ0n) is 12.3. The molecular weight excluding hydrogens is 325 g/mol. The molecule has 0 aromatic heterocycles. The Kier molecular flexibility index (Phi) is 4.27. The van der Waals surface area contributed by atoms with Crippen LogP contribution in [0.4, 0.5) is 12.7 Å². The van der Waals surface area contributed by atoms with Crippen LogP contribution in [0.3, 0.4) is 0 Å². The number of hydrogen-bond donors (Lipinski definition) is 1. The van der Waals surface area contributed by atoms with E-state index in [2.05, 4.69) is 4.74 Å². The predicted molar refractivity (Wildman–Crippen MR) is 70.1 cm³/mol. The number of rotatable bonds is 3. The standard InChI is InChI=1S/C13H19F3O5S/c1-7-3-8-4-9(10(7)17)6-12(2,5-8)21-11(18)13(14,15)22(16,19)20/h7-10,17H,3-6H2,1-2H3. The Morgan fingerprint density at radius 1 is 1.32 bits per heavy atom. The molecule has 5 atom stereocenters. The van der Waals surface area contributed by atoms with Crippen LogP contribution in [0.25, 0.3) is 0 Å². The number of hydrogen-bond acceptors (Lipinski definition) is 5. The molecule has 22 heavy (non-hydrogen) atoms. The van der Waals surface area contributed by atoms with E-state index in [1.165, 1.54) is 6.92 Å². The first-order chi connectivity index (χ1) is 9.86. The number of carbonyl (C=O) groups excluding carboxylic acids is 1. The average molecular weight is 344 g/mol. The topological polar surface area (TPSA) is 80.7 Å². The maximum absolute atomic E-state index is 13.2. The number of fused-ring (bicyclic) bond motifs is 2. The number of aliphatic hydroxyl groups is 1. The Balaban J connectivity index is 2.15. The summed E-state index contributed by atoms with van der Waals surface area (Å²) in [5.41, 5.74) is -1.33. The largest absolute Gasteiger partial charge is 0.470 e. The van der Waals surface area contributed by atoms with Gasteiger partial charge in [0.25, 0.3) is 0 Å². The van der Waals surface area contributed by atoms with Crippen LogP contribution < -0.4 is 0 Å². The Morgan fingerprint density at radius 2 is 1.91 bits per heavy atom. The second kappa shape index (κ2) is 5.36. The molecule has 0 aromatic rings. The third-order valence-electron chi connectivity index (χ3n) is 4.70. The van der Waals surface area contributed by atoms with Gasteiger partial charge in [0.05, 0.1) is 6.10 Å². The molecule has 2 fully saturated rings. The molecule has 2 saturated carbocycles. The van der Waals surface area contributed by atoms with Crippen LogP contribution in [0.5, 0.6) is 0 Å².